The standard InChI is InChI=1S/C22H38N6O8/c1-11(2)8-14(23)22(36)28-7-5-6-15(28)20(34)26-12(3)19(33)27-18(13(4)29)21(35)25-9-16(30)24-10-17(31)32/h11-15,18,29H,5-10,23H2,1-4H3,(H,24,30)(H,25,35)(H,26,34)(H,27,33)(H,31,32)/t12-,13+,14-,15-,18-/m0/s1. The number of nitrogens with two attached hydrogens (primary N) is 1. The Morgan fingerprint density at radius 2 is 1.61 bits per heavy atom. The molecule has 5 amide bonds. The lowest BCUT2D eigenvalue weighted by molar-refractivity contribution is -0.140. The zero-order valence-electron chi connectivity index (χ0n) is 21.1. The second-order valence-corrected chi connectivity index (χ2v) is 9.27. The maximum Gasteiger partial charge on any atom is 0.322 e. The zero-order chi connectivity index (χ0) is 27.6. The number of carbonyl (C=O) groups is 6. The normalized spacial score (nSPS) is 18.5. The van der Waals surface area contributed by atoms with E-state index in [1.54, 1.807) is 0 Å². The molecule has 204 valence electrons. The largest absolute Gasteiger partial charge is 0.480 e. The summed E-state index contributed by atoms with van der Waals surface area (Å²) < 4.78 is 0. The third-order valence-electron chi connectivity index (χ3n) is 5.56. The van der Waals surface area contributed by atoms with E-state index in [4.69, 9.17) is 10.8 Å². The van der Waals surface area contributed by atoms with Crippen LogP contribution >= 0.6 is 0 Å². The minimum Gasteiger partial charge on any atom is -0.480 e. The Labute approximate surface area is 209 Å². The van der Waals surface area contributed by atoms with Gasteiger partial charge in [-0.1, -0.05) is 13.8 Å². The Morgan fingerprint density at radius 3 is 2.17 bits per heavy atom. The van der Waals surface area contributed by atoms with Crippen LogP contribution in [0.4, 0.5) is 0 Å². The van der Waals surface area contributed by atoms with Crippen molar-refractivity contribution in [2.75, 3.05) is 19.6 Å². The number of aliphatic hydroxyl groups excluding tert-OH is 1. The first kappa shape index (κ1) is 30.8. The molecule has 1 heterocycles. The molecule has 0 spiro atoms. The van der Waals surface area contributed by atoms with Gasteiger partial charge in [-0.15, -0.1) is 0 Å². The van der Waals surface area contributed by atoms with E-state index in [1.807, 2.05) is 13.8 Å². The summed E-state index contributed by atoms with van der Waals surface area (Å²) >= 11 is 0. The van der Waals surface area contributed by atoms with Gasteiger partial charge in [-0.25, -0.2) is 0 Å². The lowest BCUT2D eigenvalue weighted by atomic mass is 10.0. The highest BCUT2D eigenvalue weighted by molar-refractivity contribution is 5.95. The van der Waals surface area contributed by atoms with Crippen LogP contribution < -0.4 is 27.0 Å². The highest BCUT2D eigenvalue weighted by Crippen LogP contribution is 2.20. The smallest absolute Gasteiger partial charge is 0.322 e. The van der Waals surface area contributed by atoms with Crippen molar-refractivity contribution < 1.29 is 39.0 Å². The summed E-state index contributed by atoms with van der Waals surface area (Å²) in [4.78, 5) is 73.9. The van der Waals surface area contributed by atoms with Crippen molar-refractivity contribution in [3.63, 3.8) is 0 Å². The fourth-order valence-corrected chi connectivity index (χ4v) is 3.70. The number of likely N-dealkylation sites (tertiary alicyclic amines) is 1. The fourth-order valence-electron chi connectivity index (χ4n) is 3.70. The summed E-state index contributed by atoms with van der Waals surface area (Å²) in [6.45, 7) is 5.70. The molecule has 0 aromatic carbocycles. The maximum absolute atomic E-state index is 12.8. The molecule has 1 fully saturated rings. The van der Waals surface area contributed by atoms with Crippen LogP contribution in [0.5, 0.6) is 0 Å². The van der Waals surface area contributed by atoms with Crippen molar-refractivity contribution in [2.24, 2.45) is 11.7 Å². The quantitative estimate of drug-likeness (QED) is 0.133. The monoisotopic (exact) mass is 514 g/mol. The molecule has 14 nitrogen and oxygen atoms in total. The SMILES string of the molecule is CC(C)C[C@H](N)C(=O)N1CCC[C@H]1C(=O)N[C@@H](C)C(=O)N[C@H](C(=O)NCC(=O)NCC(=O)O)[C@@H](C)O. The first-order chi connectivity index (χ1) is 16.7. The number of aliphatic hydroxyl groups is 1. The van der Waals surface area contributed by atoms with Crippen molar-refractivity contribution in [3.8, 4) is 0 Å². The molecule has 0 bridgehead atoms. The van der Waals surface area contributed by atoms with Crippen LogP contribution in [-0.4, -0.2) is 101 Å². The molecule has 0 unspecified atom stereocenters. The first-order valence-electron chi connectivity index (χ1n) is 11.9. The van der Waals surface area contributed by atoms with Crippen molar-refractivity contribution in [3.05, 3.63) is 0 Å². The molecule has 0 aliphatic carbocycles. The Kier molecular flexibility index (Phi) is 12.3. The number of hydrogen-bond acceptors (Lipinski definition) is 8. The Hall–Kier alpha value is -3.26. The van der Waals surface area contributed by atoms with Gasteiger partial charge in [-0.2, -0.15) is 0 Å². The van der Waals surface area contributed by atoms with Gasteiger partial charge < -0.3 is 42.1 Å². The van der Waals surface area contributed by atoms with Gasteiger partial charge in [0.15, 0.2) is 0 Å². The van der Waals surface area contributed by atoms with Crippen LogP contribution in [0.25, 0.3) is 0 Å². The third-order valence-corrected chi connectivity index (χ3v) is 5.56. The van der Waals surface area contributed by atoms with E-state index in [1.165, 1.54) is 18.7 Å². The molecule has 36 heavy (non-hydrogen) atoms. The fraction of sp³-hybridized carbons (Fsp3) is 0.727. The highest BCUT2D eigenvalue weighted by Gasteiger charge is 2.37. The average Bonchev–Trinajstić information content (AvgIpc) is 3.28. The number of rotatable bonds is 13. The maximum atomic E-state index is 12.8. The van der Waals surface area contributed by atoms with Gasteiger partial charge in [0.05, 0.1) is 18.7 Å². The number of nitrogens with zero attached hydrogens (tertiary/aromatic N) is 1. The van der Waals surface area contributed by atoms with Crippen LogP contribution in [0.2, 0.25) is 0 Å². The number of carbonyl (C=O) groups excluding carboxylic acids is 5. The van der Waals surface area contributed by atoms with E-state index in [0.29, 0.717) is 25.8 Å². The number of carboxylic acid groups (broad SMARTS) is 1. The van der Waals surface area contributed by atoms with Crippen LogP contribution in [0.1, 0.15) is 47.0 Å². The Morgan fingerprint density at radius 1 is 0.972 bits per heavy atom. The van der Waals surface area contributed by atoms with E-state index in [9.17, 15) is 33.9 Å². The Bertz CT molecular complexity index is 833. The molecular formula is C22H38N6O8. The number of hydrogen-bond donors (Lipinski definition) is 7. The summed E-state index contributed by atoms with van der Waals surface area (Å²) in [6.07, 6.45) is 0.169. The first-order valence-corrected chi connectivity index (χ1v) is 11.9. The second kappa shape index (κ2) is 14.3. The molecule has 14 heteroatoms. The summed E-state index contributed by atoms with van der Waals surface area (Å²) in [5.74, 6) is -4.33. The predicted octanol–water partition coefficient (Wildman–Crippen LogP) is -2.96. The number of amides is 5. The molecule has 1 aliphatic heterocycles. The van der Waals surface area contributed by atoms with Crippen molar-refractivity contribution in [1.82, 2.24) is 26.2 Å². The van der Waals surface area contributed by atoms with E-state index in [0.717, 1.165) is 0 Å². The van der Waals surface area contributed by atoms with Crippen molar-refractivity contribution >= 4 is 35.5 Å². The van der Waals surface area contributed by atoms with Crippen LogP contribution in [0.15, 0.2) is 0 Å². The number of nitrogens with one attached hydrogen (secondary N) is 4. The lowest BCUT2D eigenvalue weighted by Crippen LogP contribution is -2.59. The summed E-state index contributed by atoms with van der Waals surface area (Å²) in [7, 11) is 0. The van der Waals surface area contributed by atoms with Gasteiger partial charge in [0.2, 0.25) is 29.5 Å². The summed E-state index contributed by atoms with van der Waals surface area (Å²) in [5, 5.41) is 27.6. The van der Waals surface area contributed by atoms with Crippen LogP contribution in [0.3, 0.4) is 0 Å². The summed E-state index contributed by atoms with van der Waals surface area (Å²) in [5.41, 5.74) is 5.99. The molecule has 0 saturated carbocycles. The molecule has 5 atom stereocenters. The van der Waals surface area contributed by atoms with Crippen LogP contribution in [0, 0.1) is 5.92 Å². The molecule has 0 aromatic rings. The van der Waals surface area contributed by atoms with E-state index in [2.05, 4.69) is 21.3 Å². The molecule has 1 rings (SSSR count). The van der Waals surface area contributed by atoms with E-state index in [-0.39, 0.29) is 11.8 Å². The Balaban J connectivity index is 2.68. The van der Waals surface area contributed by atoms with E-state index < -0.39 is 73.0 Å². The minimum atomic E-state index is -1.44. The van der Waals surface area contributed by atoms with E-state index >= 15 is 0 Å². The zero-order valence-corrected chi connectivity index (χ0v) is 21.1. The third kappa shape index (κ3) is 9.77. The van der Waals surface area contributed by atoms with Gasteiger partial charge in [0.25, 0.3) is 0 Å². The minimum absolute atomic E-state index is 0.209. The predicted molar refractivity (Wildman–Crippen MR) is 127 cm³/mol. The number of carboxylic acids is 1. The second-order valence-electron chi connectivity index (χ2n) is 9.27. The van der Waals surface area contributed by atoms with Gasteiger partial charge in [0.1, 0.15) is 24.7 Å². The summed E-state index contributed by atoms with van der Waals surface area (Å²) in [6, 6.07) is -4.04. The van der Waals surface area contributed by atoms with Crippen molar-refractivity contribution in [1.29, 1.82) is 0 Å². The molecule has 1 saturated heterocycles. The van der Waals surface area contributed by atoms with Gasteiger partial charge in [-0.05, 0) is 39.0 Å². The lowest BCUT2D eigenvalue weighted by Gasteiger charge is -2.28. The highest BCUT2D eigenvalue weighted by atomic mass is 16.4. The molecular weight excluding hydrogens is 476 g/mol. The van der Waals surface area contributed by atoms with Gasteiger partial charge >= 0.3 is 5.97 Å². The molecule has 8 N–H and O–H groups in total. The van der Waals surface area contributed by atoms with Gasteiger partial charge in [0, 0.05) is 6.54 Å². The average molecular weight is 515 g/mol. The molecule has 0 radical (unpaired) electrons. The number of aliphatic carboxylic acids is 1. The van der Waals surface area contributed by atoms with Crippen LogP contribution in [-0.2, 0) is 28.8 Å². The van der Waals surface area contributed by atoms with Gasteiger partial charge in [-0.3, -0.25) is 28.8 Å². The topological polar surface area (TPSA) is 220 Å². The van der Waals surface area contributed by atoms with Crippen molar-refractivity contribution in [2.45, 2.75) is 77.2 Å². The molecule has 0 aromatic heterocycles. The molecule has 1 aliphatic rings.